The maximum atomic E-state index is 4.76. The van der Waals surface area contributed by atoms with Crippen molar-refractivity contribution in [3.63, 3.8) is 0 Å². The second kappa shape index (κ2) is 9.89. The van der Waals surface area contributed by atoms with E-state index in [1.54, 1.807) is 6.33 Å². The first kappa shape index (κ1) is 18.4. The number of nitrogens with zero attached hydrogens (tertiary/aromatic N) is 5. The van der Waals surface area contributed by atoms with E-state index in [4.69, 9.17) is 4.99 Å². The number of guanidine groups is 1. The maximum absolute atomic E-state index is 4.76. The van der Waals surface area contributed by atoms with Gasteiger partial charge < -0.3 is 15.2 Å². The van der Waals surface area contributed by atoms with Gasteiger partial charge in [0, 0.05) is 50.4 Å². The molecule has 0 bridgehead atoms. The molecule has 140 valence electrons. The van der Waals surface area contributed by atoms with E-state index in [1.807, 2.05) is 24.4 Å². The minimum absolute atomic E-state index is 0.539. The predicted octanol–water partition coefficient (Wildman–Crippen LogP) is 1.96. The lowest BCUT2D eigenvalue weighted by Crippen LogP contribution is -2.43. The molecule has 26 heavy (non-hydrogen) atoms. The topological polar surface area (TPSA) is 80.0 Å². The Morgan fingerprint density at radius 1 is 1.31 bits per heavy atom. The number of pyridine rings is 1. The van der Waals surface area contributed by atoms with Crippen LogP contribution >= 0.6 is 0 Å². The Bertz CT molecular complexity index is 674. The van der Waals surface area contributed by atoms with E-state index in [9.17, 15) is 0 Å². The Morgan fingerprint density at radius 2 is 2.19 bits per heavy atom. The molecule has 2 N–H and O–H groups in total. The van der Waals surface area contributed by atoms with Crippen LogP contribution < -0.4 is 10.6 Å². The summed E-state index contributed by atoms with van der Waals surface area (Å²) in [5.74, 6) is 1.92. The van der Waals surface area contributed by atoms with Gasteiger partial charge >= 0.3 is 0 Å². The second-order valence-electron chi connectivity index (χ2n) is 6.65. The monoisotopic (exact) mass is 355 g/mol. The molecule has 0 aromatic carbocycles. The molecule has 2 aromatic heterocycles. The molecule has 3 rings (SSSR count). The van der Waals surface area contributed by atoms with Gasteiger partial charge in [-0.25, -0.2) is 0 Å². The molecule has 1 fully saturated rings. The van der Waals surface area contributed by atoms with E-state index >= 15 is 0 Å². The average molecular weight is 355 g/mol. The van der Waals surface area contributed by atoms with E-state index in [2.05, 4.69) is 37.3 Å². The molecule has 0 aliphatic heterocycles. The fraction of sp³-hybridized carbons (Fsp3) is 0.579. The zero-order valence-corrected chi connectivity index (χ0v) is 15.6. The highest BCUT2D eigenvalue weighted by molar-refractivity contribution is 5.80. The number of hydrogen-bond acceptors (Lipinski definition) is 4. The molecule has 1 saturated carbocycles. The largest absolute Gasteiger partial charge is 0.355 e. The summed E-state index contributed by atoms with van der Waals surface area (Å²) in [6, 6.07) is 6.55. The van der Waals surface area contributed by atoms with Crippen LogP contribution in [0.5, 0.6) is 0 Å². The van der Waals surface area contributed by atoms with Crippen molar-refractivity contribution in [3.05, 3.63) is 42.2 Å². The number of rotatable bonds is 8. The van der Waals surface area contributed by atoms with Crippen LogP contribution in [0.25, 0.3) is 0 Å². The Hall–Kier alpha value is -2.44. The summed E-state index contributed by atoms with van der Waals surface area (Å²) >= 11 is 0. The normalized spacial score (nSPS) is 15.3. The van der Waals surface area contributed by atoms with Gasteiger partial charge in [-0.3, -0.25) is 9.98 Å². The van der Waals surface area contributed by atoms with Crippen molar-refractivity contribution in [2.45, 2.75) is 58.0 Å². The van der Waals surface area contributed by atoms with Crippen LogP contribution in [-0.2, 0) is 19.4 Å². The minimum Gasteiger partial charge on any atom is -0.355 e. The second-order valence-corrected chi connectivity index (χ2v) is 6.65. The van der Waals surface area contributed by atoms with Gasteiger partial charge in [0.05, 0.1) is 0 Å². The molecule has 0 atom stereocenters. The van der Waals surface area contributed by atoms with Crippen LogP contribution in [-0.4, -0.2) is 44.8 Å². The van der Waals surface area contributed by atoms with Crippen molar-refractivity contribution >= 4 is 5.96 Å². The summed E-state index contributed by atoms with van der Waals surface area (Å²) in [5, 5.41) is 15.2. The van der Waals surface area contributed by atoms with Gasteiger partial charge in [0.1, 0.15) is 12.2 Å². The average Bonchev–Trinajstić information content (AvgIpc) is 3.34. The Morgan fingerprint density at radius 3 is 2.96 bits per heavy atom. The van der Waals surface area contributed by atoms with Crippen molar-refractivity contribution in [1.29, 1.82) is 0 Å². The summed E-state index contributed by atoms with van der Waals surface area (Å²) in [6.45, 7) is 4.46. The quantitative estimate of drug-likeness (QED) is 0.559. The zero-order chi connectivity index (χ0) is 18.0. The fourth-order valence-corrected chi connectivity index (χ4v) is 3.28. The van der Waals surface area contributed by atoms with Crippen LogP contribution in [0.4, 0.5) is 0 Å². The van der Waals surface area contributed by atoms with Crippen molar-refractivity contribution in [3.8, 4) is 0 Å². The minimum atomic E-state index is 0.539. The summed E-state index contributed by atoms with van der Waals surface area (Å²) in [7, 11) is 0. The molecule has 0 spiro atoms. The third-order valence-corrected chi connectivity index (χ3v) is 4.72. The van der Waals surface area contributed by atoms with Crippen molar-refractivity contribution in [1.82, 2.24) is 30.4 Å². The molecule has 0 amide bonds. The summed E-state index contributed by atoms with van der Waals surface area (Å²) in [6.07, 6.45) is 10.4. The van der Waals surface area contributed by atoms with Crippen LogP contribution in [0, 0.1) is 0 Å². The zero-order valence-electron chi connectivity index (χ0n) is 15.6. The molecule has 0 unspecified atom stereocenters. The van der Waals surface area contributed by atoms with E-state index in [0.29, 0.717) is 6.04 Å². The first-order chi connectivity index (χ1) is 12.8. The van der Waals surface area contributed by atoms with Gasteiger partial charge in [0.25, 0.3) is 0 Å². The number of aromatic nitrogens is 4. The maximum Gasteiger partial charge on any atom is 0.191 e. The van der Waals surface area contributed by atoms with Crippen LogP contribution in [0.2, 0.25) is 0 Å². The van der Waals surface area contributed by atoms with Gasteiger partial charge in [-0.1, -0.05) is 25.8 Å². The summed E-state index contributed by atoms with van der Waals surface area (Å²) in [5.41, 5.74) is 1.08. The van der Waals surface area contributed by atoms with Gasteiger partial charge in [-0.15, -0.1) is 10.2 Å². The molecular weight excluding hydrogens is 326 g/mol. The van der Waals surface area contributed by atoms with Gasteiger partial charge in [0.2, 0.25) is 0 Å². The number of aliphatic imine (C=N–C) groups is 1. The highest BCUT2D eigenvalue weighted by atomic mass is 15.3. The van der Waals surface area contributed by atoms with E-state index in [0.717, 1.165) is 50.0 Å². The first-order valence-corrected chi connectivity index (χ1v) is 9.66. The van der Waals surface area contributed by atoms with Gasteiger partial charge in [-0.05, 0) is 25.0 Å². The van der Waals surface area contributed by atoms with Crippen LogP contribution in [0.3, 0.4) is 0 Å². The molecule has 0 saturated heterocycles. The van der Waals surface area contributed by atoms with E-state index < -0.39 is 0 Å². The Balaban J connectivity index is 1.52. The molecule has 1 aliphatic carbocycles. The number of aryl methyl sites for hydroxylation is 1. The summed E-state index contributed by atoms with van der Waals surface area (Å²) < 4.78 is 2.09. The van der Waals surface area contributed by atoms with Gasteiger partial charge in [-0.2, -0.15) is 0 Å². The SMILES string of the molecule is CCc1nncn1CCNC(=NCCc1ccccn1)NC1CCCC1. The molecule has 0 radical (unpaired) electrons. The number of nitrogens with one attached hydrogen (secondary N) is 2. The Kier molecular flexibility index (Phi) is 6.98. The molecule has 7 nitrogen and oxygen atoms in total. The Labute approximate surface area is 155 Å². The highest BCUT2D eigenvalue weighted by Gasteiger charge is 2.16. The molecule has 2 heterocycles. The van der Waals surface area contributed by atoms with Crippen molar-refractivity contribution in [2.75, 3.05) is 13.1 Å². The smallest absolute Gasteiger partial charge is 0.191 e. The standard InChI is InChI=1S/C19H29N7/c1-2-18-25-23-15-26(18)14-13-22-19(24-17-8-3-4-9-17)21-12-10-16-7-5-6-11-20-16/h5-7,11,15,17H,2-4,8-10,12-14H2,1H3,(H2,21,22,24). The third-order valence-electron chi connectivity index (χ3n) is 4.72. The van der Waals surface area contributed by atoms with Gasteiger partial charge in [0.15, 0.2) is 5.96 Å². The predicted molar refractivity (Wildman–Crippen MR) is 103 cm³/mol. The van der Waals surface area contributed by atoms with E-state index in [-0.39, 0.29) is 0 Å². The fourth-order valence-electron chi connectivity index (χ4n) is 3.28. The van der Waals surface area contributed by atoms with Crippen molar-refractivity contribution < 1.29 is 0 Å². The molecule has 2 aromatic rings. The number of hydrogen-bond donors (Lipinski definition) is 2. The lowest BCUT2D eigenvalue weighted by molar-refractivity contribution is 0.592. The molecule has 1 aliphatic rings. The first-order valence-electron chi connectivity index (χ1n) is 9.66. The third kappa shape index (κ3) is 5.54. The van der Waals surface area contributed by atoms with E-state index in [1.165, 1.54) is 25.7 Å². The summed E-state index contributed by atoms with van der Waals surface area (Å²) in [4.78, 5) is 9.12. The lowest BCUT2D eigenvalue weighted by atomic mass is 10.2. The van der Waals surface area contributed by atoms with Crippen LogP contribution in [0.15, 0.2) is 35.7 Å². The van der Waals surface area contributed by atoms with Crippen molar-refractivity contribution in [2.24, 2.45) is 4.99 Å². The van der Waals surface area contributed by atoms with Crippen LogP contribution in [0.1, 0.15) is 44.1 Å². The molecular formula is C19H29N7. The highest BCUT2D eigenvalue weighted by Crippen LogP contribution is 2.17. The lowest BCUT2D eigenvalue weighted by Gasteiger charge is -2.17. The molecule has 7 heteroatoms.